The van der Waals surface area contributed by atoms with Gasteiger partial charge in [0.1, 0.15) is 5.69 Å². The standard InChI is InChI=1S/C19H19N5O4/c1-12-20-17(28-22-12)13-7-9-23(10-8-13)18(25)16-11-15(19(26)27)21-24(16)14-5-3-2-4-6-14/h2-6,11,13H,7-10H2,1H3,(H,26,27). The van der Waals surface area contributed by atoms with Crippen molar-refractivity contribution in [3.8, 4) is 5.69 Å². The van der Waals surface area contributed by atoms with Gasteiger partial charge in [-0.05, 0) is 31.9 Å². The highest BCUT2D eigenvalue weighted by molar-refractivity contribution is 5.96. The third kappa shape index (κ3) is 3.38. The Bertz CT molecular complexity index is 1000. The number of hydrogen-bond donors (Lipinski definition) is 1. The van der Waals surface area contributed by atoms with E-state index in [1.165, 1.54) is 10.7 Å². The van der Waals surface area contributed by atoms with E-state index in [1.807, 2.05) is 18.2 Å². The van der Waals surface area contributed by atoms with Gasteiger partial charge in [0, 0.05) is 25.1 Å². The molecule has 9 nitrogen and oxygen atoms in total. The average Bonchev–Trinajstić information content (AvgIpc) is 3.35. The van der Waals surface area contributed by atoms with Crippen LogP contribution in [0.2, 0.25) is 0 Å². The molecule has 144 valence electrons. The van der Waals surface area contributed by atoms with Gasteiger partial charge in [-0.15, -0.1) is 0 Å². The molecule has 0 atom stereocenters. The lowest BCUT2D eigenvalue weighted by atomic mass is 9.96. The van der Waals surface area contributed by atoms with Crippen LogP contribution in [0.1, 0.15) is 51.5 Å². The molecule has 28 heavy (non-hydrogen) atoms. The highest BCUT2D eigenvalue weighted by Crippen LogP contribution is 2.28. The largest absolute Gasteiger partial charge is 0.476 e. The van der Waals surface area contributed by atoms with Crippen LogP contribution in [0.15, 0.2) is 40.9 Å². The molecule has 4 rings (SSSR count). The maximum absolute atomic E-state index is 13.1. The van der Waals surface area contributed by atoms with Crippen LogP contribution < -0.4 is 0 Å². The van der Waals surface area contributed by atoms with Crippen molar-refractivity contribution in [2.75, 3.05) is 13.1 Å². The fourth-order valence-corrected chi connectivity index (χ4v) is 3.37. The molecule has 1 N–H and O–H groups in total. The SMILES string of the molecule is Cc1noc(C2CCN(C(=O)c3cc(C(=O)O)nn3-c3ccccc3)CC2)n1. The quantitative estimate of drug-likeness (QED) is 0.737. The smallest absolute Gasteiger partial charge is 0.356 e. The lowest BCUT2D eigenvalue weighted by Gasteiger charge is -2.30. The molecule has 9 heteroatoms. The first kappa shape index (κ1) is 17.9. The van der Waals surface area contributed by atoms with Crippen molar-refractivity contribution >= 4 is 11.9 Å². The number of carboxylic acids is 1. The van der Waals surface area contributed by atoms with Gasteiger partial charge in [0.05, 0.1) is 5.69 Å². The molecule has 0 aliphatic carbocycles. The minimum atomic E-state index is -1.17. The summed E-state index contributed by atoms with van der Waals surface area (Å²) in [5, 5.41) is 17.2. The van der Waals surface area contributed by atoms with Gasteiger partial charge in [0.15, 0.2) is 11.5 Å². The third-order valence-electron chi connectivity index (χ3n) is 4.82. The zero-order valence-electron chi connectivity index (χ0n) is 15.3. The van der Waals surface area contributed by atoms with Crippen molar-refractivity contribution in [1.29, 1.82) is 0 Å². The summed E-state index contributed by atoms with van der Waals surface area (Å²) in [5.41, 5.74) is 0.702. The number of para-hydroxylation sites is 1. The second-order valence-corrected chi connectivity index (χ2v) is 6.71. The van der Waals surface area contributed by atoms with Gasteiger partial charge in [-0.2, -0.15) is 10.1 Å². The molecule has 1 aliphatic heterocycles. The molecule has 2 aromatic heterocycles. The van der Waals surface area contributed by atoms with Gasteiger partial charge in [0.25, 0.3) is 5.91 Å². The normalized spacial score (nSPS) is 15.0. The molecule has 3 aromatic rings. The molecule has 0 spiro atoms. The Balaban J connectivity index is 1.56. The molecular formula is C19H19N5O4. The number of hydrogen-bond acceptors (Lipinski definition) is 6. The number of aromatic nitrogens is 4. The number of rotatable bonds is 4. The number of carbonyl (C=O) groups excluding carboxylic acids is 1. The molecule has 1 aliphatic rings. The Kier molecular flexibility index (Phi) is 4.64. The molecule has 0 bridgehead atoms. The van der Waals surface area contributed by atoms with Gasteiger partial charge in [-0.1, -0.05) is 23.4 Å². The van der Waals surface area contributed by atoms with E-state index in [4.69, 9.17) is 4.52 Å². The summed E-state index contributed by atoms with van der Waals surface area (Å²) in [5.74, 6) is -0.0920. The summed E-state index contributed by atoms with van der Waals surface area (Å²) in [6, 6.07) is 10.3. The van der Waals surface area contributed by atoms with Crippen molar-refractivity contribution in [2.45, 2.75) is 25.7 Å². The molecule has 0 saturated carbocycles. The van der Waals surface area contributed by atoms with Gasteiger partial charge in [0.2, 0.25) is 5.89 Å². The summed E-state index contributed by atoms with van der Waals surface area (Å²) in [6.45, 7) is 2.82. The summed E-state index contributed by atoms with van der Waals surface area (Å²) < 4.78 is 6.63. The number of aromatic carboxylic acids is 1. The Morgan fingerprint density at radius 1 is 1.18 bits per heavy atom. The van der Waals surface area contributed by atoms with Crippen molar-refractivity contribution in [3.63, 3.8) is 0 Å². The monoisotopic (exact) mass is 381 g/mol. The maximum Gasteiger partial charge on any atom is 0.356 e. The number of piperidine rings is 1. The fraction of sp³-hybridized carbons (Fsp3) is 0.316. The van der Waals surface area contributed by atoms with E-state index in [2.05, 4.69) is 15.2 Å². The molecule has 3 heterocycles. The first-order valence-corrected chi connectivity index (χ1v) is 9.01. The summed E-state index contributed by atoms with van der Waals surface area (Å²) in [6.07, 6.45) is 1.41. The predicted molar refractivity (Wildman–Crippen MR) is 97.4 cm³/mol. The summed E-state index contributed by atoms with van der Waals surface area (Å²) >= 11 is 0. The van der Waals surface area contributed by atoms with Crippen LogP contribution in [0.4, 0.5) is 0 Å². The van der Waals surface area contributed by atoms with Crippen molar-refractivity contribution < 1.29 is 19.2 Å². The molecule has 0 radical (unpaired) electrons. The number of carbonyl (C=O) groups is 2. The van der Waals surface area contributed by atoms with Crippen LogP contribution in [0, 0.1) is 6.92 Å². The van der Waals surface area contributed by atoms with E-state index in [0.29, 0.717) is 43.3 Å². The highest BCUT2D eigenvalue weighted by atomic mass is 16.5. The Morgan fingerprint density at radius 2 is 1.89 bits per heavy atom. The van der Waals surface area contributed by atoms with E-state index in [-0.39, 0.29) is 23.2 Å². The van der Waals surface area contributed by atoms with E-state index in [0.717, 1.165) is 0 Å². The summed E-state index contributed by atoms with van der Waals surface area (Å²) in [7, 11) is 0. The van der Waals surface area contributed by atoms with E-state index >= 15 is 0 Å². The lowest BCUT2D eigenvalue weighted by molar-refractivity contribution is 0.0685. The van der Waals surface area contributed by atoms with Crippen LogP contribution in [0.3, 0.4) is 0 Å². The summed E-state index contributed by atoms with van der Waals surface area (Å²) in [4.78, 5) is 30.5. The van der Waals surface area contributed by atoms with Crippen LogP contribution >= 0.6 is 0 Å². The number of carboxylic acid groups (broad SMARTS) is 1. The first-order valence-electron chi connectivity index (χ1n) is 9.01. The molecule has 1 fully saturated rings. The molecule has 1 saturated heterocycles. The maximum atomic E-state index is 13.1. The predicted octanol–water partition coefficient (Wildman–Crippen LogP) is 2.28. The van der Waals surface area contributed by atoms with Crippen molar-refractivity contribution in [2.24, 2.45) is 0 Å². The van der Waals surface area contributed by atoms with Crippen molar-refractivity contribution in [1.82, 2.24) is 24.8 Å². The number of benzene rings is 1. The lowest BCUT2D eigenvalue weighted by Crippen LogP contribution is -2.38. The zero-order chi connectivity index (χ0) is 19.7. The van der Waals surface area contributed by atoms with Crippen LogP contribution in [-0.2, 0) is 0 Å². The molecule has 1 amide bonds. The van der Waals surface area contributed by atoms with E-state index in [1.54, 1.807) is 24.0 Å². The minimum Gasteiger partial charge on any atom is -0.476 e. The van der Waals surface area contributed by atoms with E-state index in [9.17, 15) is 14.7 Å². The van der Waals surface area contributed by atoms with Gasteiger partial charge in [-0.25, -0.2) is 9.48 Å². The van der Waals surface area contributed by atoms with E-state index < -0.39 is 5.97 Å². The van der Waals surface area contributed by atoms with Gasteiger partial charge < -0.3 is 14.5 Å². The highest BCUT2D eigenvalue weighted by Gasteiger charge is 2.30. The Hall–Kier alpha value is -3.49. The molecular weight excluding hydrogens is 362 g/mol. The van der Waals surface area contributed by atoms with Gasteiger partial charge >= 0.3 is 5.97 Å². The first-order chi connectivity index (χ1) is 13.5. The van der Waals surface area contributed by atoms with Gasteiger partial charge in [-0.3, -0.25) is 4.79 Å². The fourth-order valence-electron chi connectivity index (χ4n) is 3.37. The Morgan fingerprint density at radius 3 is 2.50 bits per heavy atom. The molecule has 1 aromatic carbocycles. The number of aryl methyl sites for hydroxylation is 1. The number of likely N-dealkylation sites (tertiary alicyclic amines) is 1. The molecule has 0 unspecified atom stereocenters. The average molecular weight is 381 g/mol. The topological polar surface area (TPSA) is 114 Å². The van der Waals surface area contributed by atoms with Crippen LogP contribution in [-0.4, -0.2) is 54.9 Å². The zero-order valence-corrected chi connectivity index (χ0v) is 15.3. The minimum absolute atomic E-state index is 0.124. The number of amides is 1. The van der Waals surface area contributed by atoms with Crippen molar-refractivity contribution in [3.05, 3.63) is 59.5 Å². The third-order valence-corrected chi connectivity index (χ3v) is 4.82. The second-order valence-electron chi connectivity index (χ2n) is 6.71. The second kappa shape index (κ2) is 7.26. The number of nitrogens with zero attached hydrogens (tertiary/aromatic N) is 5. The van der Waals surface area contributed by atoms with Crippen LogP contribution in [0.25, 0.3) is 5.69 Å². The Labute approximate surface area is 160 Å². The van der Waals surface area contributed by atoms with Crippen LogP contribution in [0.5, 0.6) is 0 Å².